The molecule has 0 N–H and O–H groups in total. The van der Waals surface area contributed by atoms with Crippen LogP contribution in [0.2, 0.25) is 0 Å². The highest BCUT2D eigenvalue weighted by Crippen LogP contribution is 2.16. The monoisotopic (exact) mass is 337 g/mol. The van der Waals surface area contributed by atoms with Gasteiger partial charge in [-0.25, -0.2) is 4.39 Å². The number of hydrogen-bond donors (Lipinski definition) is 0. The van der Waals surface area contributed by atoms with E-state index in [1.165, 1.54) is 23.1 Å². The van der Waals surface area contributed by atoms with E-state index >= 15 is 0 Å². The van der Waals surface area contributed by atoms with Crippen molar-refractivity contribution in [3.63, 3.8) is 0 Å². The number of carbonyl (C=O) groups excluding carboxylic acids is 1. The molecule has 0 aliphatic carbocycles. The average Bonchev–Trinajstić information content (AvgIpc) is 3.10. The molecule has 1 aromatic heterocycles. The highest BCUT2D eigenvalue weighted by Gasteiger charge is 2.19. The summed E-state index contributed by atoms with van der Waals surface area (Å²) in [5.74, 6) is -0.0507. The van der Waals surface area contributed by atoms with E-state index in [4.69, 9.17) is 4.52 Å². The fraction of sp³-hybridized carbons (Fsp3) is 0.105. The maximum atomic E-state index is 13.4. The number of hydrogen-bond acceptors (Lipinski definition) is 4. The largest absolute Gasteiger partial charge is 0.337 e. The molecule has 6 heteroatoms. The second kappa shape index (κ2) is 7.53. The zero-order valence-corrected chi connectivity index (χ0v) is 13.4. The molecule has 0 aliphatic rings. The predicted octanol–water partition coefficient (Wildman–Crippen LogP) is 3.70. The van der Waals surface area contributed by atoms with Crippen LogP contribution < -0.4 is 0 Å². The van der Waals surface area contributed by atoms with E-state index in [1.54, 1.807) is 12.1 Å². The molecule has 5 nitrogen and oxygen atoms in total. The van der Waals surface area contributed by atoms with Crippen LogP contribution in [0.4, 0.5) is 4.39 Å². The van der Waals surface area contributed by atoms with Crippen molar-refractivity contribution in [1.29, 1.82) is 0 Å². The molecule has 0 fully saturated rings. The Balaban J connectivity index is 1.79. The molecule has 0 spiro atoms. The van der Waals surface area contributed by atoms with Crippen molar-refractivity contribution in [2.75, 3.05) is 6.54 Å². The van der Waals surface area contributed by atoms with Crippen LogP contribution in [-0.4, -0.2) is 27.5 Å². The molecule has 0 aliphatic heterocycles. The molecule has 1 amide bonds. The van der Waals surface area contributed by atoms with Crippen LogP contribution in [0.25, 0.3) is 11.4 Å². The summed E-state index contributed by atoms with van der Waals surface area (Å²) in [5, 5.41) is 3.94. The third-order valence-corrected chi connectivity index (χ3v) is 3.53. The zero-order valence-electron chi connectivity index (χ0n) is 13.4. The van der Waals surface area contributed by atoms with E-state index in [1.807, 2.05) is 30.3 Å². The van der Waals surface area contributed by atoms with Crippen LogP contribution in [0.1, 0.15) is 16.2 Å². The van der Waals surface area contributed by atoms with E-state index in [2.05, 4.69) is 16.7 Å². The number of aromatic nitrogens is 2. The summed E-state index contributed by atoms with van der Waals surface area (Å²) in [4.78, 5) is 18.4. The minimum Gasteiger partial charge on any atom is -0.337 e. The Bertz CT molecular complexity index is 877. The number of halogens is 1. The van der Waals surface area contributed by atoms with Gasteiger partial charge in [-0.1, -0.05) is 47.6 Å². The lowest BCUT2D eigenvalue weighted by molar-refractivity contribution is 0.0745. The number of carbonyl (C=O) groups is 1. The summed E-state index contributed by atoms with van der Waals surface area (Å²) >= 11 is 0. The molecule has 1 heterocycles. The predicted molar refractivity (Wildman–Crippen MR) is 91.1 cm³/mol. The van der Waals surface area contributed by atoms with Crippen LogP contribution in [-0.2, 0) is 6.54 Å². The lowest BCUT2D eigenvalue weighted by Crippen LogP contribution is -2.30. The van der Waals surface area contributed by atoms with Crippen molar-refractivity contribution in [3.8, 4) is 11.4 Å². The van der Waals surface area contributed by atoms with Gasteiger partial charge in [0.05, 0.1) is 0 Å². The Hall–Kier alpha value is -3.28. The van der Waals surface area contributed by atoms with Gasteiger partial charge in [0.2, 0.25) is 11.7 Å². The summed E-state index contributed by atoms with van der Waals surface area (Å²) in [5.41, 5.74) is 1.08. The minimum atomic E-state index is -0.464. The van der Waals surface area contributed by atoms with Gasteiger partial charge in [-0.15, -0.1) is 6.58 Å². The Morgan fingerprint density at radius 2 is 2.00 bits per heavy atom. The van der Waals surface area contributed by atoms with Crippen LogP contribution in [0.3, 0.4) is 0 Å². The van der Waals surface area contributed by atoms with Gasteiger partial charge in [0.15, 0.2) is 0 Å². The van der Waals surface area contributed by atoms with Crippen molar-refractivity contribution in [2.45, 2.75) is 6.54 Å². The number of nitrogens with zero attached hydrogens (tertiary/aromatic N) is 3. The minimum absolute atomic E-state index is 0.112. The number of rotatable bonds is 6. The van der Waals surface area contributed by atoms with Crippen molar-refractivity contribution < 1.29 is 13.7 Å². The van der Waals surface area contributed by atoms with Gasteiger partial charge >= 0.3 is 0 Å². The Kier molecular flexibility index (Phi) is 4.99. The normalized spacial score (nSPS) is 10.4. The maximum Gasteiger partial charge on any atom is 0.254 e. The molecular formula is C19H16FN3O2. The summed E-state index contributed by atoms with van der Waals surface area (Å²) in [6.45, 7) is 4.04. The standard InChI is InChI=1S/C19H16FN3O2/c1-2-11-23(19(24)15-9-6-10-16(20)12-15)13-17-21-18(22-25-17)14-7-4-3-5-8-14/h2-10,12H,1,11,13H2. The third-order valence-electron chi connectivity index (χ3n) is 3.53. The fourth-order valence-electron chi connectivity index (χ4n) is 2.37. The highest BCUT2D eigenvalue weighted by molar-refractivity contribution is 5.94. The van der Waals surface area contributed by atoms with E-state index < -0.39 is 5.82 Å². The van der Waals surface area contributed by atoms with Gasteiger partial charge in [0, 0.05) is 17.7 Å². The van der Waals surface area contributed by atoms with E-state index in [9.17, 15) is 9.18 Å². The average molecular weight is 337 g/mol. The molecule has 2 aromatic carbocycles. The first-order chi connectivity index (χ1) is 12.2. The van der Waals surface area contributed by atoms with Gasteiger partial charge in [0.1, 0.15) is 12.4 Å². The van der Waals surface area contributed by atoms with Crippen LogP contribution in [0, 0.1) is 5.82 Å². The fourth-order valence-corrected chi connectivity index (χ4v) is 2.37. The molecule has 25 heavy (non-hydrogen) atoms. The quantitative estimate of drug-likeness (QED) is 0.644. The Labute approximate surface area is 144 Å². The topological polar surface area (TPSA) is 59.2 Å². The SMILES string of the molecule is C=CCN(Cc1nc(-c2ccccc2)no1)C(=O)c1cccc(F)c1. The zero-order chi connectivity index (χ0) is 17.6. The highest BCUT2D eigenvalue weighted by atomic mass is 19.1. The summed E-state index contributed by atoms with van der Waals surface area (Å²) in [7, 11) is 0. The van der Waals surface area contributed by atoms with Crippen LogP contribution in [0.15, 0.2) is 71.8 Å². The molecule has 0 saturated heterocycles. The van der Waals surface area contributed by atoms with Crippen LogP contribution in [0.5, 0.6) is 0 Å². The number of benzene rings is 2. The van der Waals surface area contributed by atoms with Crippen molar-refractivity contribution in [3.05, 3.63) is 84.5 Å². The third kappa shape index (κ3) is 3.98. The first-order valence-corrected chi connectivity index (χ1v) is 7.71. The molecule has 3 aromatic rings. The van der Waals surface area contributed by atoms with Gasteiger partial charge in [-0.2, -0.15) is 4.98 Å². The Morgan fingerprint density at radius 3 is 2.72 bits per heavy atom. The summed E-state index contributed by atoms with van der Waals surface area (Å²) in [6.07, 6.45) is 1.59. The van der Waals surface area contributed by atoms with E-state index in [0.717, 1.165) is 5.56 Å². The lowest BCUT2D eigenvalue weighted by atomic mass is 10.2. The van der Waals surface area contributed by atoms with Crippen molar-refractivity contribution >= 4 is 5.91 Å². The molecule has 0 saturated carbocycles. The van der Waals surface area contributed by atoms with Crippen LogP contribution >= 0.6 is 0 Å². The molecule has 3 rings (SSSR count). The van der Waals surface area contributed by atoms with Crippen molar-refractivity contribution in [2.24, 2.45) is 0 Å². The molecule has 0 bridgehead atoms. The van der Waals surface area contributed by atoms with Gasteiger partial charge in [-0.05, 0) is 18.2 Å². The molecule has 126 valence electrons. The van der Waals surface area contributed by atoms with E-state index in [0.29, 0.717) is 11.7 Å². The van der Waals surface area contributed by atoms with Gasteiger partial charge < -0.3 is 9.42 Å². The maximum absolute atomic E-state index is 13.4. The van der Waals surface area contributed by atoms with Gasteiger partial charge in [-0.3, -0.25) is 4.79 Å². The molecule has 0 atom stereocenters. The first-order valence-electron chi connectivity index (χ1n) is 7.71. The second-order valence-corrected chi connectivity index (χ2v) is 5.36. The molecule has 0 radical (unpaired) electrons. The van der Waals surface area contributed by atoms with Gasteiger partial charge in [0.25, 0.3) is 5.91 Å². The van der Waals surface area contributed by atoms with E-state index in [-0.39, 0.29) is 24.6 Å². The Morgan fingerprint density at radius 1 is 1.20 bits per heavy atom. The summed E-state index contributed by atoms with van der Waals surface area (Å²) in [6, 6.07) is 14.9. The van der Waals surface area contributed by atoms with Crippen molar-refractivity contribution in [1.82, 2.24) is 15.0 Å². The summed E-state index contributed by atoms with van der Waals surface area (Å²) < 4.78 is 18.6. The molecular weight excluding hydrogens is 321 g/mol. The first kappa shape index (κ1) is 16.6. The number of amides is 1. The molecule has 0 unspecified atom stereocenters. The lowest BCUT2D eigenvalue weighted by Gasteiger charge is -2.19. The second-order valence-electron chi connectivity index (χ2n) is 5.36. The smallest absolute Gasteiger partial charge is 0.254 e.